The van der Waals surface area contributed by atoms with Gasteiger partial charge in [-0.2, -0.15) is 0 Å². The van der Waals surface area contributed by atoms with Crippen LogP contribution in [0.5, 0.6) is 0 Å². The highest BCUT2D eigenvalue weighted by Gasteiger charge is 1.97. The van der Waals surface area contributed by atoms with E-state index in [-0.39, 0.29) is 24.0 Å². The Hall–Kier alpha value is -0.530. The Bertz CT molecular complexity index is 371. The van der Waals surface area contributed by atoms with Crippen LogP contribution < -0.4 is 10.6 Å². The first-order valence-electron chi connectivity index (χ1n) is 5.94. The van der Waals surface area contributed by atoms with Crippen molar-refractivity contribution >= 4 is 41.5 Å². The summed E-state index contributed by atoms with van der Waals surface area (Å²) in [6, 6.07) is 7.75. The van der Waals surface area contributed by atoms with Crippen molar-refractivity contribution in [2.75, 3.05) is 27.3 Å². The number of benzene rings is 1. The summed E-state index contributed by atoms with van der Waals surface area (Å²) in [5.41, 5.74) is 1.17. The van der Waals surface area contributed by atoms with E-state index in [9.17, 15) is 0 Å². The molecule has 1 rings (SSSR count). The minimum atomic E-state index is 0. The largest absolute Gasteiger partial charge is 0.385 e. The van der Waals surface area contributed by atoms with Gasteiger partial charge in [0.05, 0.1) is 0 Å². The Morgan fingerprint density at radius 3 is 2.53 bits per heavy atom. The van der Waals surface area contributed by atoms with Crippen LogP contribution in [0, 0.1) is 0 Å². The topological polar surface area (TPSA) is 45.7 Å². The molecule has 0 aliphatic carbocycles. The highest BCUT2D eigenvalue weighted by Crippen LogP contribution is 2.08. The van der Waals surface area contributed by atoms with E-state index in [1.54, 1.807) is 14.2 Å². The van der Waals surface area contributed by atoms with Crippen LogP contribution >= 0.6 is 35.6 Å². The van der Waals surface area contributed by atoms with Gasteiger partial charge in [0.1, 0.15) is 0 Å². The van der Waals surface area contributed by atoms with Crippen LogP contribution in [0.4, 0.5) is 0 Å². The van der Waals surface area contributed by atoms with E-state index in [4.69, 9.17) is 16.3 Å². The van der Waals surface area contributed by atoms with E-state index >= 15 is 0 Å². The van der Waals surface area contributed by atoms with E-state index in [2.05, 4.69) is 15.6 Å². The lowest BCUT2D eigenvalue weighted by Gasteiger charge is -2.11. The molecule has 0 aliphatic rings. The van der Waals surface area contributed by atoms with E-state index in [0.717, 1.165) is 37.1 Å². The highest BCUT2D eigenvalue weighted by molar-refractivity contribution is 14.0. The maximum absolute atomic E-state index is 5.83. The Morgan fingerprint density at radius 2 is 1.95 bits per heavy atom. The van der Waals surface area contributed by atoms with Crippen molar-refractivity contribution in [1.82, 2.24) is 10.6 Å². The van der Waals surface area contributed by atoms with Crippen LogP contribution in [0.3, 0.4) is 0 Å². The average molecular weight is 398 g/mol. The molecule has 0 spiro atoms. The van der Waals surface area contributed by atoms with E-state index < -0.39 is 0 Å². The fourth-order valence-electron chi connectivity index (χ4n) is 1.43. The number of methoxy groups -OCH3 is 1. The van der Waals surface area contributed by atoms with Crippen LogP contribution in [-0.2, 0) is 11.3 Å². The standard InChI is InChI=1S/C13H20ClN3O.HI/c1-15-13(16-8-3-9-18-2)17-10-11-4-6-12(14)7-5-11;/h4-7H,3,8-10H2,1-2H3,(H2,15,16,17);1H. The van der Waals surface area contributed by atoms with Crippen LogP contribution in [0.15, 0.2) is 29.3 Å². The van der Waals surface area contributed by atoms with Crippen molar-refractivity contribution < 1.29 is 4.74 Å². The molecule has 1 aromatic rings. The highest BCUT2D eigenvalue weighted by atomic mass is 127. The van der Waals surface area contributed by atoms with Crippen LogP contribution in [0.2, 0.25) is 5.02 Å². The van der Waals surface area contributed by atoms with Gasteiger partial charge in [-0.3, -0.25) is 4.99 Å². The lowest BCUT2D eigenvalue weighted by atomic mass is 10.2. The minimum Gasteiger partial charge on any atom is -0.385 e. The van der Waals surface area contributed by atoms with Crippen molar-refractivity contribution in [2.45, 2.75) is 13.0 Å². The number of ether oxygens (including phenoxy) is 1. The summed E-state index contributed by atoms with van der Waals surface area (Å²) in [5, 5.41) is 7.21. The summed E-state index contributed by atoms with van der Waals surface area (Å²) in [5.74, 6) is 0.793. The molecule has 2 N–H and O–H groups in total. The number of hydrogen-bond acceptors (Lipinski definition) is 2. The quantitative estimate of drug-likeness (QED) is 0.336. The molecular formula is C13H21ClIN3O. The molecule has 0 amide bonds. The minimum absolute atomic E-state index is 0. The van der Waals surface area contributed by atoms with Crippen molar-refractivity contribution in [1.29, 1.82) is 0 Å². The lowest BCUT2D eigenvalue weighted by molar-refractivity contribution is 0.195. The maximum atomic E-state index is 5.83. The molecule has 0 bridgehead atoms. The first-order chi connectivity index (χ1) is 8.76. The summed E-state index contributed by atoms with van der Waals surface area (Å²) >= 11 is 5.83. The summed E-state index contributed by atoms with van der Waals surface area (Å²) in [6.07, 6.45) is 0.956. The number of aliphatic imine (C=N–C) groups is 1. The first-order valence-corrected chi connectivity index (χ1v) is 6.32. The Labute approximate surface area is 137 Å². The van der Waals surface area contributed by atoms with Gasteiger partial charge in [0.25, 0.3) is 0 Å². The average Bonchev–Trinajstić information content (AvgIpc) is 2.40. The van der Waals surface area contributed by atoms with Crippen molar-refractivity contribution in [3.05, 3.63) is 34.9 Å². The molecule has 0 unspecified atom stereocenters. The zero-order valence-electron chi connectivity index (χ0n) is 11.3. The molecule has 4 nitrogen and oxygen atoms in total. The number of nitrogens with zero attached hydrogens (tertiary/aromatic N) is 1. The molecule has 0 aromatic heterocycles. The number of nitrogens with one attached hydrogen (secondary N) is 2. The Balaban J connectivity index is 0.00000324. The van der Waals surface area contributed by atoms with Gasteiger partial charge in [-0.25, -0.2) is 0 Å². The molecule has 1 aromatic carbocycles. The molecule has 108 valence electrons. The van der Waals surface area contributed by atoms with Gasteiger partial charge < -0.3 is 15.4 Å². The van der Waals surface area contributed by atoms with Crippen molar-refractivity contribution in [3.8, 4) is 0 Å². The molecular weight excluding hydrogens is 377 g/mol. The molecule has 6 heteroatoms. The van der Waals surface area contributed by atoms with Gasteiger partial charge in [-0.1, -0.05) is 23.7 Å². The van der Waals surface area contributed by atoms with Crippen LogP contribution in [-0.4, -0.2) is 33.3 Å². The summed E-state index contributed by atoms with van der Waals surface area (Å²) < 4.78 is 4.98. The normalized spacial score (nSPS) is 10.8. The lowest BCUT2D eigenvalue weighted by Crippen LogP contribution is -2.37. The van der Waals surface area contributed by atoms with Gasteiger partial charge in [-0.15, -0.1) is 24.0 Å². The Kier molecular flexibility index (Phi) is 11.0. The summed E-state index contributed by atoms with van der Waals surface area (Å²) in [4.78, 5) is 4.15. The van der Waals surface area contributed by atoms with Crippen LogP contribution in [0.1, 0.15) is 12.0 Å². The van der Waals surface area contributed by atoms with E-state index in [0.29, 0.717) is 0 Å². The third kappa shape index (κ3) is 8.28. The number of hydrogen-bond donors (Lipinski definition) is 2. The third-order valence-corrected chi connectivity index (χ3v) is 2.67. The summed E-state index contributed by atoms with van der Waals surface area (Å²) in [7, 11) is 3.46. The number of rotatable bonds is 6. The van der Waals surface area contributed by atoms with Gasteiger partial charge in [-0.05, 0) is 24.1 Å². The van der Waals surface area contributed by atoms with E-state index in [1.165, 1.54) is 5.56 Å². The number of halogens is 2. The van der Waals surface area contributed by atoms with Crippen molar-refractivity contribution in [3.63, 3.8) is 0 Å². The molecule has 0 saturated carbocycles. The zero-order chi connectivity index (χ0) is 13.2. The molecule has 0 fully saturated rings. The van der Waals surface area contributed by atoms with E-state index in [1.807, 2.05) is 24.3 Å². The molecule has 0 saturated heterocycles. The molecule has 0 atom stereocenters. The van der Waals surface area contributed by atoms with Gasteiger partial charge in [0, 0.05) is 38.9 Å². The molecule has 0 radical (unpaired) electrons. The predicted octanol–water partition coefficient (Wildman–Crippen LogP) is 2.66. The SMILES string of the molecule is CN=C(NCCCOC)NCc1ccc(Cl)cc1.I. The van der Waals surface area contributed by atoms with Gasteiger partial charge in [0.2, 0.25) is 0 Å². The second-order valence-electron chi connectivity index (χ2n) is 3.83. The second kappa shape index (κ2) is 11.3. The predicted molar refractivity (Wildman–Crippen MR) is 91.6 cm³/mol. The zero-order valence-corrected chi connectivity index (χ0v) is 14.4. The maximum Gasteiger partial charge on any atom is 0.191 e. The van der Waals surface area contributed by atoms with Crippen LogP contribution in [0.25, 0.3) is 0 Å². The second-order valence-corrected chi connectivity index (χ2v) is 4.26. The fourth-order valence-corrected chi connectivity index (χ4v) is 1.56. The monoisotopic (exact) mass is 397 g/mol. The molecule has 19 heavy (non-hydrogen) atoms. The van der Waals surface area contributed by atoms with Gasteiger partial charge >= 0.3 is 0 Å². The third-order valence-electron chi connectivity index (χ3n) is 2.41. The number of guanidine groups is 1. The molecule has 0 aliphatic heterocycles. The molecule has 0 heterocycles. The fraction of sp³-hybridized carbons (Fsp3) is 0.462. The first kappa shape index (κ1) is 18.5. The van der Waals surface area contributed by atoms with Gasteiger partial charge in [0.15, 0.2) is 5.96 Å². The Morgan fingerprint density at radius 1 is 1.26 bits per heavy atom. The summed E-state index contributed by atoms with van der Waals surface area (Å²) in [6.45, 7) is 2.32. The van der Waals surface area contributed by atoms with Crippen molar-refractivity contribution in [2.24, 2.45) is 4.99 Å². The smallest absolute Gasteiger partial charge is 0.191 e.